The Morgan fingerprint density at radius 2 is 1.32 bits per heavy atom. The van der Waals surface area contributed by atoms with E-state index >= 15 is 0 Å². The van der Waals surface area contributed by atoms with E-state index in [-0.39, 0.29) is 24.6 Å². The lowest BCUT2D eigenvalue weighted by Gasteiger charge is -2.06. The molecule has 5 rings (SSSR count). The lowest BCUT2D eigenvalue weighted by molar-refractivity contribution is 0.594. The summed E-state index contributed by atoms with van der Waals surface area (Å²) in [4.78, 5) is 1.05. The third-order valence-corrected chi connectivity index (χ3v) is 10.6. The number of hydrogen-bond acceptors (Lipinski definition) is 7. The number of para-hydroxylation sites is 1. The lowest BCUT2D eigenvalue weighted by atomic mass is 10.2. The van der Waals surface area contributed by atoms with Gasteiger partial charge in [0.1, 0.15) is 5.15 Å². The van der Waals surface area contributed by atoms with Crippen LogP contribution in [0.2, 0.25) is 5.15 Å². The molecule has 0 saturated heterocycles. The van der Waals surface area contributed by atoms with Crippen molar-refractivity contribution in [3.8, 4) is 5.69 Å². The van der Waals surface area contributed by atoms with Gasteiger partial charge in [-0.3, -0.25) is 9.99 Å². The molecule has 0 unspecified atom stereocenters. The zero-order valence-electron chi connectivity index (χ0n) is 21.5. The normalized spacial score (nSPS) is 12.6. The Hall–Kier alpha value is -4.03. The average Bonchev–Trinajstić information content (AvgIpc) is 3.28. The summed E-state index contributed by atoms with van der Waals surface area (Å²) in [6.45, 7) is 1.89. The fourth-order valence-electron chi connectivity index (χ4n) is 3.80. The molecule has 1 heterocycles. The van der Waals surface area contributed by atoms with Crippen LogP contribution in [0.5, 0.6) is 0 Å². The van der Waals surface area contributed by atoms with Crippen LogP contribution >= 0.6 is 22.9 Å². The Morgan fingerprint density at radius 1 is 0.756 bits per heavy atom. The van der Waals surface area contributed by atoms with Gasteiger partial charge in [0.2, 0.25) is 14.6 Å². The minimum absolute atomic E-state index is 0.0638. The molecule has 208 valence electrons. The molecule has 1 N–H and O–H groups in total. The third kappa shape index (κ3) is 6.33. The molecular formula is C29H23ClN4O4S3. The predicted molar refractivity (Wildman–Crippen MR) is 162 cm³/mol. The Bertz CT molecular complexity index is 1990. The number of hydrogen-bond donors (Lipinski definition) is 1. The number of nitrogens with one attached hydrogen (secondary N) is 1. The van der Waals surface area contributed by atoms with E-state index < -0.39 is 19.9 Å². The minimum atomic E-state index is -4.00. The van der Waals surface area contributed by atoms with Crippen molar-refractivity contribution >= 4 is 54.7 Å². The summed E-state index contributed by atoms with van der Waals surface area (Å²) in [5, 5.41) is 4.46. The number of rotatable bonds is 8. The largest absolute Gasteiger partial charge is 0.285 e. The molecule has 0 amide bonds. The number of sulfonamides is 1. The van der Waals surface area contributed by atoms with Gasteiger partial charge in [0.15, 0.2) is 0 Å². The summed E-state index contributed by atoms with van der Waals surface area (Å²) in [6, 6.07) is 29.9. The zero-order valence-corrected chi connectivity index (χ0v) is 24.8. The van der Waals surface area contributed by atoms with E-state index in [1.165, 1.54) is 30.5 Å². The van der Waals surface area contributed by atoms with E-state index in [1.54, 1.807) is 71.3 Å². The van der Waals surface area contributed by atoms with Crippen LogP contribution in [-0.4, -0.2) is 27.6 Å². The molecule has 0 radical (unpaired) electrons. The molecule has 41 heavy (non-hydrogen) atoms. The first-order valence-electron chi connectivity index (χ1n) is 12.2. The van der Waals surface area contributed by atoms with Gasteiger partial charge >= 0.3 is 0 Å². The number of sulfone groups is 1. The quantitative estimate of drug-likeness (QED) is 0.167. The molecule has 1 aromatic heterocycles. The zero-order chi connectivity index (χ0) is 29.0. The van der Waals surface area contributed by atoms with Crippen molar-refractivity contribution in [1.82, 2.24) is 4.57 Å². The van der Waals surface area contributed by atoms with Gasteiger partial charge in [-0.05, 0) is 67.6 Å². The van der Waals surface area contributed by atoms with Gasteiger partial charge in [0, 0.05) is 5.69 Å². The highest BCUT2D eigenvalue weighted by molar-refractivity contribution is 7.91. The predicted octanol–water partition coefficient (Wildman–Crippen LogP) is 6.07. The van der Waals surface area contributed by atoms with Crippen LogP contribution in [0.1, 0.15) is 10.4 Å². The number of halogens is 1. The SMILES string of the molecule is Cc1ccc(S(=O)(=O)c2ccc(N/N=C\c3sc(=NS(=O)(=O)c4ccccc4)n(-c4ccccc4)c3Cl)cc2)cc1. The summed E-state index contributed by atoms with van der Waals surface area (Å²) in [5.74, 6) is 0. The highest BCUT2D eigenvalue weighted by Crippen LogP contribution is 2.24. The summed E-state index contributed by atoms with van der Waals surface area (Å²) < 4.78 is 57.5. The summed E-state index contributed by atoms with van der Waals surface area (Å²) in [6.07, 6.45) is 1.46. The molecule has 0 bridgehead atoms. The van der Waals surface area contributed by atoms with Crippen molar-refractivity contribution in [2.75, 3.05) is 5.43 Å². The van der Waals surface area contributed by atoms with Crippen LogP contribution < -0.4 is 10.2 Å². The van der Waals surface area contributed by atoms with Crippen molar-refractivity contribution in [2.24, 2.45) is 9.50 Å². The van der Waals surface area contributed by atoms with Crippen LogP contribution in [0, 0.1) is 6.92 Å². The molecular weight excluding hydrogens is 600 g/mol. The molecule has 0 saturated carbocycles. The second-order valence-electron chi connectivity index (χ2n) is 8.80. The topological polar surface area (TPSA) is 110 Å². The smallest absolute Gasteiger partial charge is 0.278 e. The highest BCUT2D eigenvalue weighted by atomic mass is 35.5. The molecule has 0 fully saturated rings. The Labute approximate surface area is 246 Å². The molecule has 0 aliphatic carbocycles. The summed E-state index contributed by atoms with van der Waals surface area (Å²) in [7, 11) is -7.65. The summed E-state index contributed by atoms with van der Waals surface area (Å²) >= 11 is 7.75. The number of nitrogens with zero attached hydrogens (tertiary/aromatic N) is 3. The van der Waals surface area contributed by atoms with Crippen LogP contribution in [0.4, 0.5) is 5.69 Å². The molecule has 5 aromatic rings. The molecule has 0 atom stereocenters. The Balaban J connectivity index is 1.43. The van der Waals surface area contributed by atoms with E-state index in [1.807, 2.05) is 25.1 Å². The van der Waals surface area contributed by atoms with E-state index in [0.717, 1.165) is 16.9 Å². The van der Waals surface area contributed by atoms with Crippen LogP contribution in [0.3, 0.4) is 0 Å². The number of anilines is 1. The number of aromatic nitrogens is 1. The first kappa shape index (κ1) is 28.5. The van der Waals surface area contributed by atoms with Crippen molar-refractivity contribution in [1.29, 1.82) is 0 Å². The molecule has 8 nitrogen and oxygen atoms in total. The van der Waals surface area contributed by atoms with Gasteiger partial charge in [0.05, 0.1) is 31.5 Å². The lowest BCUT2D eigenvalue weighted by Crippen LogP contribution is -2.15. The molecule has 0 aliphatic rings. The number of thiazole rings is 1. The third-order valence-electron chi connectivity index (χ3n) is 5.92. The molecule has 0 aliphatic heterocycles. The van der Waals surface area contributed by atoms with Gasteiger partial charge in [-0.15, -0.1) is 4.40 Å². The first-order chi connectivity index (χ1) is 19.6. The number of benzene rings is 4. The highest BCUT2D eigenvalue weighted by Gasteiger charge is 2.18. The first-order valence-corrected chi connectivity index (χ1v) is 16.3. The van der Waals surface area contributed by atoms with Gasteiger partial charge < -0.3 is 0 Å². The van der Waals surface area contributed by atoms with Crippen LogP contribution in [-0.2, 0) is 19.9 Å². The van der Waals surface area contributed by atoms with Gasteiger partial charge in [-0.2, -0.15) is 13.5 Å². The van der Waals surface area contributed by atoms with E-state index in [4.69, 9.17) is 11.6 Å². The van der Waals surface area contributed by atoms with Crippen molar-refractivity contribution in [2.45, 2.75) is 21.6 Å². The Morgan fingerprint density at radius 3 is 1.93 bits per heavy atom. The van der Waals surface area contributed by atoms with Gasteiger partial charge in [-0.25, -0.2) is 8.42 Å². The molecule has 4 aromatic carbocycles. The summed E-state index contributed by atoms with van der Waals surface area (Å²) in [5.41, 5.74) is 5.00. The fraction of sp³-hybridized carbons (Fsp3) is 0.0345. The van der Waals surface area contributed by atoms with Gasteiger partial charge in [0.25, 0.3) is 10.0 Å². The van der Waals surface area contributed by atoms with Crippen LogP contribution in [0.25, 0.3) is 5.69 Å². The monoisotopic (exact) mass is 622 g/mol. The van der Waals surface area contributed by atoms with Crippen molar-refractivity contribution < 1.29 is 16.8 Å². The molecule has 12 heteroatoms. The molecule has 0 spiro atoms. The standard InChI is InChI=1S/C29H23ClN4O4S3/c1-21-12-16-24(17-13-21)40(35,36)25-18-14-22(15-19-25)32-31-20-27-28(30)34(23-8-4-2-5-9-23)29(39-27)33-41(37,38)26-10-6-3-7-11-26/h2-20,32H,1H3/b31-20-,33-29?. The average molecular weight is 623 g/mol. The fourth-order valence-corrected chi connectivity index (χ4v) is 7.55. The van der Waals surface area contributed by atoms with Gasteiger partial charge in [-0.1, -0.05) is 77.0 Å². The number of hydrazone groups is 1. The van der Waals surface area contributed by atoms with E-state index in [9.17, 15) is 16.8 Å². The Kier molecular flexibility index (Phi) is 8.22. The maximum Gasteiger partial charge on any atom is 0.285 e. The second-order valence-corrected chi connectivity index (χ2v) is 13.7. The number of aryl methyl sites for hydroxylation is 1. The maximum absolute atomic E-state index is 13.0. The second kappa shape index (κ2) is 11.8. The van der Waals surface area contributed by atoms with E-state index in [2.05, 4.69) is 14.9 Å². The minimum Gasteiger partial charge on any atom is -0.278 e. The maximum atomic E-state index is 13.0. The van der Waals surface area contributed by atoms with E-state index in [0.29, 0.717) is 16.3 Å². The van der Waals surface area contributed by atoms with Crippen LogP contribution in [0.15, 0.2) is 133 Å². The van der Waals surface area contributed by atoms with Crippen molar-refractivity contribution in [3.05, 3.63) is 130 Å². The van der Waals surface area contributed by atoms with Crippen molar-refractivity contribution in [3.63, 3.8) is 0 Å².